The van der Waals surface area contributed by atoms with Crippen molar-refractivity contribution in [2.45, 2.75) is 38.9 Å². The second-order valence-corrected chi connectivity index (χ2v) is 6.05. The normalized spacial score (nSPS) is 22.9. The van der Waals surface area contributed by atoms with Gasteiger partial charge in [0.25, 0.3) is 0 Å². The van der Waals surface area contributed by atoms with Crippen molar-refractivity contribution < 1.29 is 9.47 Å². The quantitative estimate of drug-likeness (QED) is 0.588. The average Bonchev–Trinajstić information content (AvgIpc) is 2.83. The Morgan fingerprint density at radius 2 is 2.15 bits per heavy atom. The van der Waals surface area contributed by atoms with Crippen LogP contribution in [0.1, 0.15) is 26.7 Å². The lowest BCUT2D eigenvalue weighted by Crippen LogP contribution is -2.36. The Hall–Kier alpha value is -0.420. The van der Waals surface area contributed by atoms with E-state index in [9.17, 15) is 0 Å². The lowest BCUT2D eigenvalue weighted by Gasteiger charge is -2.24. The molecule has 0 aromatic rings. The Balaban J connectivity index is 2.22. The lowest BCUT2D eigenvalue weighted by atomic mass is 10.1. The Morgan fingerprint density at radius 3 is 2.80 bits per heavy atom. The molecule has 4 heteroatoms. The van der Waals surface area contributed by atoms with Gasteiger partial charge in [0.15, 0.2) is 0 Å². The van der Waals surface area contributed by atoms with Crippen LogP contribution in [0.2, 0.25) is 0 Å². The van der Waals surface area contributed by atoms with E-state index < -0.39 is 0 Å². The van der Waals surface area contributed by atoms with Crippen molar-refractivity contribution >= 4 is 0 Å². The summed E-state index contributed by atoms with van der Waals surface area (Å²) in [7, 11) is 1.74. The summed E-state index contributed by atoms with van der Waals surface area (Å²) in [4.78, 5) is 2.35. The molecule has 4 nitrogen and oxygen atoms in total. The molecular formula is C16H32N2O2. The molecule has 118 valence electrons. The summed E-state index contributed by atoms with van der Waals surface area (Å²) in [5.41, 5.74) is 0. The molecule has 0 radical (unpaired) electrons. The maximum absolute atomic E-state index is 6.12. The molecular weight excluding hydrogens is 252 g/mol. The predicted octanol–water partition coefficient (Wildman–Crippen LogP) is 1.91. The van der Waals surface area contributed by atoms with Crippen molar-refractivity contribution in [3.05, 3.63) is 12.7 Å². The number of rotatable bonds is 11. The van der Waals surface area contributed by atoms with Crippen LogP contribution in [-0.4, -0.2) is 63.5 Å². The Morgan fingerprint density at radius 1 is 1.40 bits per heavy atom. The molecule has 2 atom stereocenters. The maximum Gasteiger partial charge on any atom is 0.0707 e. The zero-order valence-electron chi connectivity index (χ0n) is 13.4. The smallest absolute Gasteiger partial charge is 0.0707 e. The fourth-order valence-corrected chi connectivity index (χ4v) is 2.55. The van der Waals surface area contributed by atoms with Gasteiger partial charge >= 0.3 is 0 Å². The van der Waals surface area contributed by atoms with Gasteiger partial charge in [-0.3, -0.25) is 4.90 Å². The zero-order chi connectivity index (χ0) is 14.8. The Bertz CT molecular complexity index is 259. The number of hydrogen-bond donors (Lipinski definition) is 1. The largest absolute Gasteiger partial charge is 0.383 e. The van der Waals surface area contributed by atoms with Crippen LogP contribution in [-0.2, 0) is 9.47 Å². The van der Waals surface area contributed by atoms with Gasteiger partial charge in [-0.2, -0.15) is 0 Å². The van der Waals surface area contributed by atoms with Gasteiger partial charge in [0, 0.05) is 33.3 Å². The van der Waals surface area contributed by atoms with Crippen molar-refractivity contribution in [3.8, 4) is 0 Å². The van der Waals surface area contributed by atoms with Crippen molar-refractivity contribution in [1.29, 1.82) is 0 Å². The SMILES string of the molecule is C=CCN(CCOC)CC1CCC(CNCC(C)C)O1. The predicted molar refractivity (Wildman–Crippen MR) is 84.1 cm³/mol. The molecule has 0 bridgehead atoms. The Labute approximate surface area is 124 Å². The fourth-order valence-electron chi connectivity index (χ4n) is 2.55. The van der Waals surface area contributed by atoms with E-state index in [1.165, 1.54) is 6.42 Å². The van der Waals surface area contributed by atoms with E-state index in [1.807, 2.05) is 6.08 Å². The molecule has 20 heavy (non-hydrogen) atoms. The minimum absolute atomic E-state index is 0.359. The standard InChI is InChI=1S/C16H32N2O2/c1-5-8-18(9-10-19-4)13-16-7-6-15(20-16)12-17-11-14(2)3/h5,14-17H,1,6-13H2,2-4H3. The van der Waals surface area contributed by atoms with Gasteiger partial charge in [0.1, 0.15) is 0 Å². The van der Waals surface area contributed by atoms with Crippen LogP contribution in [0.4, 0.5) is 0 Å². The van der Waals surface area contributed by atoms with E-state index in [1.54, 1.807) is 7.11 Å². The van der Waals surface area contributed by atoms with Gasteiger partial charge in [-0.05, 0) is 25.3 Å². The molecule has 0 aliphatic carbocycles. The molecule has 1 saturated heterocycles. The van der Waals surface area contributed by atoms with Crippen molar-refractivity contribution in [1.82, 2.24) is 10.2 Å². The molecule has 0 saturated carbocycles. The second kappa shape index (κ2) is 10.3. The van der Waals surface area contributed by atoms with Crippen LogP contribution >= 0.6 is 0 Å². The highest BCUT2D eigenvalue weighted by Gasteiger charge is 2.26. The third-order valence-corrected chi connectivity index (χ3v) is 3.58. The molecule has 0 aromatic heterocycles. The Kier molecular flexibility index (Phi) is 9.10. The van der Waals surface area contributed by atoms with Crippen LogP contribution < -0.4 is 5.32 Å². The van der Waals surface area contributed by atoms with Crippen molar-refractivity contribution in [2.24, 2.45) is 5.92 Å². The summed E-state index contributed by atoms with van der Waals surface area (Å²) in [6.07, 6.45) is 5.02. The molecule has 1 heterocycles. The second-order valence-electron chi connectivity index (χ2n) is 6.05. The summed E-state index contributed by atoms with van der Waals surface area (Å²) in [6, 6.07) is 0. The maximum atomic E-state index is 6.12. The first-order valence-corrected chi connectivity index (χ1v) is 7.84. The van der Waals surface area contributed by atoms with Crippen LogP contribution in [0, 0.1) is 5.92 Å². The highest BCUT2D eigenvalue weighted by molar-refractivity contribution is 4.81. The first kappa shape index (κ1) is 17.6. The highest BCUT2D eigenvalue weighted by Crippen LogP contribution is 2.20. The van der Waals surface area contributed by atoms with Crippen LogP contribution in [0.25, 0.3) is 0 Å². The average molecular weight is 284 g/mol. The number of methoxy groups -OCH3 is 1. The van der Waals surface area contributed by atoms with E-state index in [0.717, 1.165) is 45.8 Å². The molecule has 1 rings (SSSR count). The summed E-state index contributed by atoms with van der Waals surface area (Å²) in [5.74, 6) is 0.698. The highest BCUT2D eigenvalue weighted by atomic mass is 16.5. The minimum atomic E-state index is 0.359. The number of ether oxygens (including phenoxy) is 2. The van der Waals surface area contributed by atoms with Gasteiger partial charge in [0.05, 0.1) is 18.8 Å². The van der Waals surface area contributed by atoms with E-state index in [0.29, 0.717) is 18.1 Å². The van der Waals surface area contributed by atoms with E-state index in [4.69, 9.17) is 9.47 Å². The van der Waals surface area contributed by atoms with E-state index in [-0.39, 0.29) is 0 Å². The molecule has 1 aliphatic heterocycles. The molecule has 1 N–H and O–H groups in total. The summed E-state index contributed by atoms with van der Waals surface area (Å²) < 4.78 is 11.3. The summed E-state index contributed by atoms with van der Waals surface area (Å²) in [5, 5.41) is 3.49. The van der Waals surface area contributed by atoms with Gasteiger partial charge in [-0.25, -0.2) is 0 Å². The number of hydrogen-bond acceptors (Lipinski definition) is 4. The third-order valence-electron chi connectivity index (χ3n) is 3.58. The summed E-state index contributed by atoms with van der Waals surface area (Å²) >= 11 is 0. The monoisotopic (exact) mass is 284 g/mol. The zero-order valence-corrected chi connectivity index (χ0v) is 13.4. The van der Waals surface area contributed by atoms with Gasteiger partial charge < -0.3 is 14.8 Å². The van der Waals surface area contributed by atoms with Gasteiger partial charge in [-0.1, -0.05) is 19.9 Å². The molecule has 0 spiro atoms. The van der Waals surface area contributed by atoms with Crippen LogP contribution in [0.3, 0.4) is 0 Å². The molecule has 2 unspecified atom stereocenters. The first-order chi connectivity index (χ1) is 9.65. The molecule has 0 amide bonds. The topological polar surface area (TPSA) is 33.7 Å². The van der Waals surface area contributed by atoms with Crippen molar-refractivity contribution in [3.63, 3.8) is 0 Å². The molecule has 0 aromatic carbocycles. The van der Waals surface area contributed by atoms with Gasteiger partial charge in [0.2, 0.25) is 0 Å². The third kappa shape index (κ3) is 7.39. The molecule has 1 aliphatic rings. The van der Waals surface area contributed by atoms with Crippen LogP contribution in [0.5, 0.6) is 0 Å². The summed E-state index contributed by atoms with van der Waals surface area (Å²) in [6.45, 7) is 13.9. The van der Waals surface area contributed by atoms with Crippen LogP contribution in [0.15, 0.2) is 12.7 Å². The number of nitrogens with zero attached hydrogens (tertiary/aromatic N) is 1. The van der Waals surface area contributed by atoms with Gasteiger partial charge in [-0.15, -0.1) is 6.58 Å². The van der Waals surface area contributed by atoms with Crippen molar-refractivity contribution in [2.75, 3.05) is 46.4 Å². The van der Waals surface area contributed by atoms with E-state index in [2.05, 4.69) is 30.6 Å². The lowest BCUT2D eigenvalue weighted by molar-refractivity contribution is 0.0210. The number of nitrogens with one attached hydrogen (secondary N) is 1. The minimum Gasteiger partial charge on any atom is -0.383 e. The molecule has 1 fully saturated rings. The first-order valence-electron chi connectivity index (χ1n) is 7.84. The fraction of sp³-hybridized carbons (Fsp3) is 0.875. The van der Waals surface area contributed by atoms with E-state index >= 15 is 0 Å².